The van der Waals surface area contributed by atoms with Crippen LogP contribution in [0.15, 0.2) is 42.6 Å². The Hall–Kier alpha value is -3.87. The number of carbonyl (C=O) groups is 1. The van der Waals surface area contributed by atoms with E-state index >= 15 is 0 Å². The second kappa shape index (κ2) is 6.57. The van der Waals surface area contributed by atoms with Gasteiger partial charge < -0.3 is 19.8 Å². The number of nitrogens with one attached hydrogen (secondary N) is 2. The van der Waals surface area contributed by atoms with Crippen LogP contribution in [0.5, 0.6) is 17.2 Å². The first-order valence-corrected chi connectivity index (χ1v) is 11.3. The zero-order valence-corrected chi connectivity index (χ0v) is 18.3. The minimum absolute atomic E-state index is 0.00996. The first-order chi connectivity index (χ1) is 16.0. The van der Waals surface area contributed by atoms with Crippen molar-refractivity contribution in [2.45, 2.75) is 44.6 Å². The van der Waals surface area contributed by atoms with Gasteiger partial charge in [-0.15, -0.1) is 0 Å². The van der Waals surface area contributed by atoms with Gasteiger partial charge in [-0.1, -0.05) is 6.07 Å². The van der Waals surface area contributed by atoms with Crippen molar-refractivity contribution >= 4 is 22.8 Å². The molecule has 2 aromatic heterocycles. The number of H-pyrrole nitrogens is 1. The van der Waals surface area contributed by atoms with Crippen LogP contribution in [-0.4, -0.2) is 27.0 Å². The van der Waals surface area contributed by atoms with Gasteiger partial charge in [-0.2, -0.15) is 0 Å². The van der Waals surface area contributed by atoms with Crippen molar-refractivity contribution in [3.8, 4) is 17.2 Å². The summed E-state index contributed by atoms with van der Waals surface area (Å²) in [5.41, 5.74) is 6.44. The number of rotatable bonds is 3. The lowest BCUT2D eigenvalue weighted by Gasteiger charge is -2.19. The summed E-state index contributed by atoms with van der Waals surface area (Å²) in [7, 11) is 0. The Labute approximate surface area is 190 Å². The van der Waals surface area contributed by atoms with Crippen molar-refractivity contribution in [3.63, 3.8) is 0 Å². The standard InChI is InChI=1S/C26H22N4O3/c1-12-3-5-17-18(9-12)29-26(28-17)22-21-16-11-14(10-13(2)23(16)33-24(21)22)32-19-7-8-27-25-15(19)4-6-20(31)30-25/h3,5,7-11,21-22,24H,4,6H2,1-2H3,(H,28,29)(H,27,30,31). The molecular formula is C26H22N4O3. The predicted octanol–water partition coefficient (Wildman–Crippen LogP) is 4.89. The molecular weight excluding hydrogens is 416 g/mol. The van der Waals surface area contributed by atoms with E-state index in [1.165, 1.54) is 11.1 Å². The molecule has 164 valence electrons. The summed E-state index contributed by atoms with van der Waals surface area (Å²) < 4.78 is 12.6. The number of benzene rings is 2. The fourth-order valence-electron chi connectivity index (χ4n) is 5.28. The molecule has 3 atom stereocenters. The van der Waals surface area contributed by atoms with Gasteiger partial charge in [0.25, 0.3) is 0 Å². The maximum Gasteiger partial charge on any atom is 0.225 e. The number of pyridine rings is 1. The number of aromatic nitrogens is 3. The van der Waals surface area contributed by atoms with Crippen molar-refractivity contribution < 1.29 is 14.3 Å². The van der Waals surface area contributed by atoms with Crippen molar-refractivity contribution in [2.75, 3.05) is 5.32 Å². The summed E-state index contributed by atoms with van der Waals surface area (Å²) in [6.45, 7) is 4.14. The number of aromatic amines is 1. The predicted molar refractivity (Wildman–Crippen MR) is 123 cm³/mol. The van der Waals surface area contributed by atoms with Crippen LogP contribution < -0.4 is 14.8 Å². The number of aryl methyl sites for hydroxylation is 2. The maximum absolute atomic E-state index is 11.7. The molecule has 4 aromatic rings. The van der Waals surface area contributed by atoms with E-state index in [1.807, 2.05) is 12.1 Å². The van der Waals surface area contributed by atoms with Gasteiger partial charge in [0.1, 0.15) is 35.0 Å². The van der Waals surface area contributed by atoms with Gasteiger partial charge in [0.05, 0.1) is 17.0 Å². The smallest absolute Gasteiger partial charge is 0.225 e. The summed E-state index contributed by atoms with van der Waals surface area (Å²) in [5, 5.41) is 2.83. The number of imidazole rings is 1. The Kier molecular flexibility index (Phi) is 3.72. The highest BCUT2D eigenvalue weighted by molar-refractivity contribution is 5.93. The minimum atomic E-state index is -0.00996. The lowest BCUT2D eigenvalue weighted by Crippen LogP contribution is -2.20. The third-order valence-electron chi connectivity index (χ3n) is 6.92. The van der Waals surface area contributed by atoms with Crippen LogP contribution in [0.25, 0.3) is 11.0 Å². The minimum Gasteiger partial charge on any atom is -0.488 e. The summed E-state index contributed by atoms with van der Waals surface area (Å²) in [6, 6.07) is 12.2. The molecule has 2 aromatic carbocycles. The molecule has 0 spiro atoms. The second-order valence-electron chi connectivity index (χ2n) is 9.22. The van der Waals surface area contributed by atoms with E-state index in [0.717, 1.165) is 45.2 Å². The van der Waals surface area contributed by atoms with E-state index in [2.05, 4.69) is 53.4 Å². The number of nitrogens with zero attached hydrogens (tertiary/aromatic N) is 2. The molecule has 33 heavy (non-hydrogen) atoms. The molecule has 7 heteroatoms. The fourth-order valence-corrected chi connectivity index (χ4v) is 5.28. The highest BCUT2D eigenvalue weighted by Gasteiger charge is 2.61. The number of fused-ring (bicyclic) bond motifs is 5. The molecule has 4 heterocycles. The topological polar surface area (TPSA) is 89.1 Å². The van der Waals surface area contributed by atoms with Gasteiger partial charge in [-0.25, -0.2) is 9.97 Å². The summed E-state index contributed by atoms with van der Waals surface area (Å²) >= 11 is 0. The normalized spacial score (nSPS) is 22.2. The van der Waals surface area contributed by atoms with E-state index in [4.69, 9.17) is 14.5 Å². The van der Waals surface area contributed by atoms with E-state index in [1.54, 1.807) is 6.20 Å². The molecule has 2 aliphatic heterocycles. The van der Waals surface area contributed by atoms with Crippen LogP contribution in [0.3, 0.4) is 0 Å². The third-order valence-corrected chi connectivity index (χ3v) is 6.92. The van der Waals surface area contributed by atoms with E-state index in [-0.39, 0.29) is 23.8 Å². The average molecular weight is 438 g/mol. The van der Waals surface area contributed by atoms with Crippen LogP contribution in [0, 0.1) is 13.8 Å². The quantitative estimate of drug-likeness (QED) is 0.475. The lowest BCUT2D eigenvalue weighted by molar-refractivity contribution is -0.116. The summed E-state index contributed by atoms with van der Waals surface area (Å²) in [6.07, 6.45) is 2.84. The lowest BCUT2D eigenvalue weighted by atomic mass is 10.0. The Morgan fingerprint density at radius 3 is 2.91 bits per heavy atom. The molecule has 1 saturated carbocycles. The third kappa shape index (κ3) is 2.85. The van der Waals surface area contributed by atoms with Crippen LogP contribution in [0.4, 0.5) is 5.82 Å². The SMILES string of the molecule is Cc1ccc2nc(C3C4Oc5c(C)cc(Oc6ccnc7c6CCC(=O)N7)cc5C43)[nH]c2c1. The van der Waals surface area contributed by atoms with Crippen LogP contribution in [-0.2, 0) is 11.2 Å². The van der Waals surface area contributed by atoms with Crippen molar-refractivity contribution in [1.82, 2.24) is 15.0 Å². The number of hydrogen-bond acceptors (Lipinski definition) is 5. The van der Waals surface area contributed by atoms with Gasteiger partial charge in [-0.05, 0) is 61.7 Å². The second-order valence-corrected chi connectivity index (χ2v) is 9.22. The molecule has 7 rings (SSSR count). The molecule has 0 saturated heterocycles. The van der Waals surface area contributed by atoms with Gasteiger partial charge in [0.2, 0.25) is 5.91 Å². The molecule has 7 nitrogen and oxygen atoms in total. The van der Waals surface area contributed by atoms with Crippen molar-refractivity contribution in [3.05, 3.63) is 70.7 Å². The van der Waals surface area contributed by atoms with E-state index in [0.29, 0.717) is 18.7 Å². The number of anilines is 1. The van der Waals surface area contributed by atoms with Gasteiger partial charge in [-0.3, -0.25) is 4.79 Å². The zero-order valence-electron chi connectivity index (χ0n) is 18.3. The number of ether oxygens (including phenoxy) is 2. The van der Waals surface area contributed by atoms with Crippen LogP contribution in [0.2, 0.25) is 0 Å². The fraction of sp³-hybridized carbons (Fsp3) is 0.269. The summed E-state index contributed by atoms with van der Waals surface area (Å²) in [4.78, 5) is 24.3. The molecule has 0 radical (unpaired) electrons. The molecule has 0 bridgehead atoms. The highest BCUT2D eigenvalue weighted by atomic mass is 16.5. The molecule has 1 amide bonds. The summed E-state index contributed by atoms with van der Waals surface area (Å²) in [5.74, 6) is 4.53. The number of hydrogen-bond donors (Lipinski definition) is 2. The number of carbonyl (C=O) groups excluding carboxylic acids is 1. The number of amides is 1. The molecule has 2 N–H and O–H groups in total. The van der Waals surface area contributed by atoms with Crippen molar-refractivity contribution in [1.29, 1.82) is 0 Å². The molecule has 1 aliphatic carbocycles. The van der Waals surface area contributed by atoms with Gasteiger partial charge in [0, 0.05) is 29.7 Å². The van der Waals surface area contributed by atoms with Gasteiger partial charge in [0.15, 0.2) is 0 Å². The Morgan fingerprint density at radius 1 is 1.09 bits per heavy atom. The average Bonchev–Trinajstić information content (AvgIpc) is 3.13. The van der Waals surface area contributed by atoms with Gasteiger partial charge >= 0.3 is 0 Å². The first kappa shape index (κ1) is 18.7. The van der Waals surface area contributed by atoms with Crippen LogP contribution in [0.1, 0.15) is 46.3 Å². The Balaban J connectivity index is 1.21. The first-order valence-electron chi connectivity index (χ1n) is 11.3. The monoisotopic (exact) mass is 438 g/mol. The van der Waals surface area contributed by atoms with Crippen molar-refractivity contribution in [2.24, 2.45) is 0 Å². The molecule has 3 unspecified atom stereocenters. The van der Waals surface area contributed by atoms with Crippen LogP contribution >= 0.6 is 0 Å². The van der Waals surface area contributed by atoms with E-state index < -0.39 is 0 Å². The highest BCUT2D eigenvalue weighted by Crippen LogP contribution is 2.64. The largest absolute Gasteiger partial charge is 0.488 e. The molecule has 3 aliphatic rings. The maximum atomic E-state index is 11.7. The zero-order chi connectivity index (χ0) is 22.3. The Bertz CT molecular complexity index is 1470. The molecule has 1 fully saturated rings. The van der Waals surface area contributed by atoms with E-state index in [9.17, 15) is 4.79 Å². The Morgan fingerprint density at radius 2 is 2.00 bits per heavy atom.